The zero-order valence-corrected chi connectivity index (χ0v) is 13.8. The summed E-state index contributed by atoms with van der Waals surface area (Å²) >= 11 is 0. The molecule has 1 saturated heterocycles. The van der Waals surface area contributed by atoms with Gasteiger partial charge in [-0.2, -0.15) is 0 Å². The van der Waals surface area contributed by atoms with E-state index in [1.807, 2.05) is 6.92 Å². The SMILES string of the molecule is CC1C(CC[SiH](C)CC(C)(C)C)NCC(O)C1O. The van der Waals surface area contributed by atoms with Gasteiger partial charge < -0.3 is 15.5 Å². The molecule has 18 heavy (non-hydrogen) atoms. The number of aliphatic hydroxyl groups excluding tert-OH is 2. The lowest BCUT2D eigenvalue weighted by molar-refractivity contribution is -0.0463. The van der Waals surface area contributed by atoms with Gasteiger partial charge in [-0.05, 0) is 17.8 Å². The maximum atomic E-state index is 9.89. The summed E-state index contributed by atoms with van der Waals surface area (Å²) in [6, 6.07) is 3.07. The molecule has 4 heteroatoms. The first kappa shape index (κ1) is 16.2. The number of hydrogen-bond acceptors (Lipinski definition) is 3. The highest BCUT2D eigenvalue weighted by Gasteiger charge is 2.34. The lowest BCUT2D eigenvalue weighted by atomic mass is 9.87. The summed E-state index contributed by atoms with van der Waals surface area (Å²) < 4.78 is 0. The van der Waals surface area contributed by atoms with Crippen molar-refractivity contribution in [3.63, 3.8) is 0 Å². The van der Waals surface area contributed by atoms with Gasteiger partial charge in [0.05, 0.1) is 12.2 Å². The van der Waals surface area contributed by atoms with Crippen molar-refractivity contribution in [3.05, 3.63) is 0 Å². The largest absolute Gasteiger partial charge is 0.390 e. The molecule has 108 valence electrons. The standard InChI is InChI=1S/C14H31NO2Si/c1-10-11(15-8-12(16)13(10)17)6-7-18(5)9-14(2,3)4/h10-13,15-18H,6-9H2,1-5H3. The van der Waals surface area contributed by atoms with Crippen molar-refractivity contribution in [2.45, 2.75) is 71.0 Å². The molecule has 0 radical (unpaired) electrons. The van der Waals surface area contributed by atoms with E-state index in [1.54, 1.807) is 0 Å². The lowest BCUT2D eigenvalue weighted by Gasteiger charge is -2.38. The van der Waals surface area contributed by atoms with Gasteiger partial charge in [0.15, 0.2) is 0 Å². The quantitative estimate of drug-likeness (QED) is 0.682. The van der Waals surface area contributed by atoms with Gasteiger partial charge in [-0.25, -0.2) is 0 Å². The molecule has 0 amide bonds. The Bertz CT molecular complexity index is 255. The summed E-state index contributed by atoms with van der Waals surface area (Å²) in [5.41, 5.74) is 0.451. The molecule has 5 unspecified atom stereocenters. The van der Waals surface area contributed by atoms with Gasteiger partial charge >= 0.3 is 0 Å². The molecule has 0 saturated carbocycles. The Labute approximate surface area is 114 Å². The lowest BCUT2D eigenvalue weighted by Crippen LogP contribution is -2.55. The monoisotopic (exact) mass is 273 g/mol. The average molecular weight is 273 g/mol. The molecular formula is C14H31NO2Si. The predicted molar refractivity (Wildman–Crippen MR) is 79.7 cm³/mol. The summed E-state index contributed by atoms with van der Waals surface area (Å²) in [5, 5.41) is 22.9. The van der Waals surface area contributed by atoms with Crippen LogP contribution in [0.15, 0.2) is 0 Å². The van der Waals surface area contributed by atoms with E-state index in [0.29, 0.717) is 18.0 Å². The first-order chi connectivity index (χ1) is 8.20. The molecule has 1 fully saturated rings. The van der Waals surface area contributed by atoms with Gasteiger partial charge in [0, 0.05) is 21.4 Å². The van der Waals surface area contributed by atoms with Crippen molar-refractivity contribution >= 4 is 8.80 Å². The third kappa shape index (κ3) is 5.00. The molecule has 1 aliphatic heterocycles. The van der Waals surface area contributed by atoms with Crippen molar-refractivity contribution in [2.24, 2.45) is 11.3 Å². The molecule has 0 aromatic rings. The molecule has 0 aromatic heterocycles. The van der Waals surface area contributed by atoms with Crippen LogP contribution in [-0.2, 0) is 0 Å². The Hall–Kier alpha value is 0.0969. The van der Waals surface area contributed by atoms with E-state index in [-0.39, 0.29) is 5.92 Å². The fourth-order valence-electron chi connectivity index (χ4n) is 3.14. The first-order valence-corrected chi connectivity index (χ1v) is 10.1. The minimum absolute atomic E-state index is 0.157. The third-order valence-corrected chi connectivity index (χ3v) is 7.33. The number of hydrogen-bond donors (Lipinski definition) is 3. The van der Waals surface area contributed by atoms with E-state index < -0.39 is 21.0 Å². The van der Waals surface area contributed by atoms with Crippen molar-refractivity contribution in [1.82, 2.24) is 5.32 Å². The van der Waals surface area contributed by atoms with Crippen LogP contribution in [0.25, 0.3) is 0 Å². The third-order valence-electron chi connectivity index (χ3n) is 4.09. The van der Waals surface area contributed by atoms with E-state index in [2.05, 4.69) is 32.6 Å². The Morgan fingerprint density at radius 1 is 1.28 bits per heavy atom. The predicted octanol–water partition coefficient (Wildman–Crippen LogP) is 1.61. The first-order valence-electron chi connectivity index (χ1n) is 7.30. The van der Waals surface area contributed by atoms with Crippen LogP contribution in [0.1, 0.15) is 34.1 Å². The second kappa shape index (κ2) is 6.50. The van der Waals surface area contributed by atoms with Crippen molar-refractivity contribution in [1.29, 1.82) is 0 Å². The van der Waals surface area contributed by atoms with E-state index in [0.717, 1.165) is 6.42 Å². The van der Waals surface area contributed by atoms with Gasteiger partial charge in [-0.3, -0.25) is 0 Å². The topological polar surface area (TPSA) is 52.5 Å². The normalized spacial score (nSPS) is 35.5. The van der Waals surface area contributed by atoms with Crippen LogP contribution in [0.5, 0.6) is 0 Å². The highest BCUT2D eigenvalue weighted by atomic mass is 28.3. The zero-order valence-electron chi connectivity index (χ0n) is 12.6. The van der Waals surface area contributed by atoms with E-state index in [4.69, 9.17) is 0 Å². The average Bonchev–Trinajstić information content (AvgIpc) is 2.22. The second-order valence-corrected chi connectivity index (χ2v) is 10.6. The molecule has 0 bridgehead atoms. The maximum absolute atomic E-state index is 9.89. The summed E-state index contributed by atoms with van der Waals surface area (Å²) in [6.07, 6.45) is -0.00894. The minimum Gasteiger partial charge on any atom is -0.390 e. The van der Waals surface area contributed by atoms with Crippen molar-refractivity contribution < 1.29 is 10.2 Å². The van der Waals surface area contributed by atoms with Crippen LogP contribution >= 0.6 is 0 Å². The van der Waals surface area contributed by atoms with Crippen LogP contribution in [-0.4, -0.2) is 43.8 Å². The van der Waals surface area contributed by atoms with Crippen LogP contribution < -0.4 is 5.32 Å². The number of aliphatic hydroxyl groups is 2. The summed E-state index contributed by atoms with van der Waals surface area (Å²) in [6.45, 7) is 12.0. The summed E-state index contributed by atoms with van der Waals surface area (Å²) in [5.74, 6) is 0.157. The fraction of sp³-hybridized carbons (Fsp3) is 1.00. The number of rotatable bonds is 4. The molecule has 1 heterocycles. The molecule has 5 atom stereocenters. The highest BCUT2D eigenvalue weighted by Crippen LogP contribution is 2.26. The number of β-amino-alcohol motifs (C(OH)–C–C–N with tert-alkyl or cyclic N) is 1. The number of nitrogens with one attached hydrogen (secondary N) is 1. The minimum atomic E-state index is -0.646. The van der Waals surface area contributed by atoms with Crippen LogP contribution in [0, 0.1) is 11.3 Å². The van der Waals surface area contributed by atoms with Gasteiger partial charge in [-0.1, -0.05) is 46.3 Å². The van der Waals surface area contributed by atoms with Crippen molar-refractivity contribution in [2.75, 3.05) is 6.54 Å². The maximum Gasteiger partial charge on any atom is 0.0926 e. The molecule has 1 aliphatic rings. The second-order valence-electron chi connectivity index (χ2n) is 7.38. The number of piperidine rings is 1. The Balaban J connectivity index is 2.35. The Morgan fingerprint density at radius 2 is 1.89 bits per heavy atom. The van der Waals surface area contributed by atoms with E-state index >= 15 is 0 Å². The van der Waals surface area contributed by atoms with Gasteiger partial charge in [0.25, 0.3) is 0 Å². The smallest absolute Gasteiger partial charge is 0.0926 e. The molecule has 3 nitrogen and oxygen atoms in total. The Kier molecular flexibility index (Phi) is 5.84. The molecule has 0 spiro atoms. The van der Waals surface area contributed by atoms with Gasteiger partial charge in [-0.15, -0.1) is 0 Å². The van der Waals surface area contributed by atoms with Crippen LogP contribution in [0.4, 0.5) is 0 Å². The molecule has 0 aromatic carbocycles. The summed E-state index contributed by atoms with van der Waals surface area (Å²) in [7, 11) is -0.646. The van der Waals surface area contributed by atoms with Gasteiger partial charge in [0.1, 0.15) is 0 Å². The van der Waals surface area contributed by atoms with Crippen LogP contribution in [0.3, 0.4) is 0 Å². The Morgan fingerprint density at radius 3 is 2.44 bits per heavy atom. The fourth-order valence-corrected chi connectivity index (χ4v) is 6.37. The molecule has 3 N–H and O–H groups in total. The van der Waals surface area contributed by atoms with E-state index in [9.17, 15) is 10.2 Å². The highest BCUT2D eigenvalue weighted by molar-refractivity contribution is 6.57. The zero-order chi connectivity index (χ0) is 13.9. The molecule has 0 aliphatic carbocycles. The van der Waals surface area contributed by atoms with E-state index in [1.165, 1.54) is 12.1 Å². The van der Waals surface area contributed by atoms with Gasteiger partial charge in [0.2, 0.25) is 0 Å². The molecule has 1 rings (SSSR count). The molecular weight excluding hydrogens is 242 g/mol. The summed E-state index contributed by atoms with van der Waals surface area (Å²) in [4.78, 5) is 0. The van der Waals surface area contributed by atoms with Crippen LogP contribution in [0.2, 0.25) is 18.6 Å². The van der Waals surface area contributed by atoms with Crippen molar-refractivity contribution in [3.8, 4) is 0 Å².